The predicted molar refractivity (Wildman–Crippen MR) is 58.1 cm³/mol. The van der Waals surface area contributed by atoms with E-state index in [0.717, 1.165) is 5.56 Å². The molecule has 3 heteroatoms. The molecule has 2 N–H and O–H groups in total. The second-order valence-corrected chi connectivity index (χ2v) is 3.29. The molecule has 1 aromatic rings. The molecule has 0 aromatic heterocycles. The van der Waals surface area contributed by atoms with E-state index in [-0.39, 0.29) is 0 Å². The van der Waals surface area contributed by atoms with Gasteiger partial charge in [0.05, 0.1) is 0 Å². The zero-order chi connectivity index (χ0) is 9.68. The maximum Gasteiger partial charge on any atom is 0.0489 e. The molecule has 0 aliphatic heterocycles. The standard InChI is InChI=1S/C10H9Cl2N/c11-6-2-1-3-8-7-9(12)4-5-10(8)13/h4-5,7H,2,6,13H2. The summed E-state index contributed by atoms with van der Waals surface area (Å²) in [5, 5.41) is 0.643. The van der Waals surface area contributed by atoms with Gasteiger partial charge in [-0.05, 0) is 18.2 Å². The van der Waals surface area contributed by atoms with Crippen molar-refractivity contribution < 1.29 is 0 Å². The van der Waals surface area contributed by atoms with Crippen molar-refractivity contribution in [2.24, 2.45) is 0 Å². The molecule has 0 heterocycles. The average Bonchev–Trinajstić information content (AvgIpc) is 2.11. The number of anilines is 1. The normalized spacial score (nSPS) is 9.08. The molecule has 0 saturated carbocycles. The quantitative estimate of drug-likeness (QED) is 0.434. The lowest BCUT2D eigenvalue weighted by Crippen LogP contribution is -1.89. The number of halogens is 2. The van der Waals surface area contributed by atoms with E-state index >= 15 is 0 Å². The monoisotopic (exact) mass is 213 g/mol. The van der Waals surface area contributed by atoms with Gasteiger partial charge < -0.3 is 5.73 Å². The zero-order valence-electron chi connectivity index (χ0n) is 6.98. The second-order valence-electron chi connectivity index (χ2n) is 2.47. The third-order valence-electron chi connectivity index (χ3n) is 1.46. The zero-order valence-corrected chi connectivity index (χ0v) is 8.49. The van der Waals surface area contributed by atoms with Gasteiger partial charge in [0.1, 0.15) is 0 Å². The highest BCUT2D eigenvalue weighted by Gasteiger charge is 1.95. The van der Waals surface area contributed by atoms with Crippen molar-refractivity contribution in [2.75, 3.05) is 11.6 Å². The minimum Gasteiger partial charge on any atom is -0.398 e. The minimum absolute atomic E-state index is 0.535. The first-order valence-corrected chi connectivity index (χ1v) is 4.75. The Morgan fingerprint density at radius 1 is 1.38 bits per heavy atom. The van der Waals surface area contributed by atoms with Crippen LogP contribution in [0.15, 0.2) is 18.2 Å². The smallest absolute Gasteiger partial charge is 0.0489 e. The number of rotatable bonds is 1. The van der Waals surface area contributed by atoms with Crippen molar-refractivity contribution >= 4 is 28.9 Å². The number of hydrogen-bond donors (Lipinski definition) is 1. The Kier molecular flexibility index (Phi) is 3.95. The summed E-state index contributed by atoms with van der Waals surface area (Å²) in [6.07, 6.45) is 0.660. The van der Waals surface area contributed by atoms with Crippen LogP contribution < -0.4 is 5.73 Å². The maximum atomic E-state index is 5.78. The van der Waals surface area contributed by atoms with Crippen LogP contribution in [0.25, 0.3) is 0 Å². The Morgan fingerprint density at radius 3 is 2.85 bits per heavy atom. The van der Waals surface area contributed by atoms with Crippen LogP contribution in [0.1, 0.15) is 12.0 Å². The number of benzene rings is 1. The number of hydrogen-bond acceptors (Lipinski definition) is 1. The molecule has 1 rings (SSSR count). The van der Waals surface area contributed by atoms with Crippen LogP contribution in [0, 0.1) is 11.8 Å². The van der Waals surface area contributed by atoms with Crippen LogP contribution in [-0.2, 0) is 0 Å². The van der Waals surface area contributed by atoms with Gasteiger partial charge in [-0.1, -0.05) is 23.4 Å². The molecular weight excluding hydrogens is 205 g/mol. The van der Waals surface area contributed by atoms with Gasteiger partial charge in [-0.2, -0.15) is 0 Å². The van der Waals surface area contributed by atoms with Crippen LogP contribution in [0.2, 0.25) is 5.02 Å². The highest BCUT2D eigenvalue weighted by molar-refractivity contribution is 6.30. The van der Waals surface area contributed by atoms with Gasteiger partial charge in [0.2, 0.25) is 0 Å². The van der Waals surface area contributed by atoms with Crippen LogP contribution in [0.5, 0.6) is 0 Å². The first-order valence-electron chi connectivity index (χ1n) is 3.84. The molecule has 1 aromatic carbocycles. The predicted octanol–water partition coefficient (Wildman–Crippen LogP) is 2.90. The van der Waals surface area contributed by atoms with Crippen LogP contribution in [-0.4, -0.2) is 5.88 Å². The van der Waals surface area contributed by atoms with Crippen molar-refractivity contribution in [1.29, 1.82) is 0 Å². The molecule has 0 aliphatic carbocycles. The van der Waals surface area contributed by atoms with Gasteiger partial charge in [-0.3, -0.25) is 0 Å². The van der Waals surface area contributed by atoms with Crippen LogP contribution >= 0.6 is 23.2 Å². The first-order chi connectivity index (χ1) is 6.24. The Balaban J connectivity index is 2.89. The fourth-order valence-corrected chi connectivity index (χ4v) is 1.11. The molecule has 0 saturated heterocycles. The summed E-state index contributed by atoms with van der Waals surface area (Å²) in [6.45, 7) is 0. The molecule has 0 atom stereocenters. The minimum atomic E-state index is 0.535. The van der Waals surface area contributed by atoms with E-state index < -0.39 is 0 Å². The lowest BCUT2D eigenvalue weighted by molar-refractivity contribution is 1.29. The van der Waals surface area contributed by atoms with Gasteiger partial charge in [0.15, 0.2) is 0 Å². The van der Waals surface area contributed by atoms with E-state index in [1.807, 2.05) is 0 Å². The fraction of sp³-hybridized carbons (Fsp3) is 0.200. The summed E-state index contributed by atoms with van der Waals surface area (Å²) in [6, 6.07) is 5.23. The van der Waals surface area contributed by atoms with Gasteiger partial charge >= 0.3 is 0 Å². The van der Waals surface area contributed by atoms with Crippen molar-refractivity contribution in [2.45, 2.75) is 6.42 Å². The lowest BCUT2D eigenvalue weighted by atomic mass is 10.2. The Labute approximate surface area is 87.8 Å². The van der Waals surface area contributed by atoms with Crippen molar-refractivity contribution in [3.63, 3.8) is 0 Å². The number of nitrogen functional groups attached to an aromatic ring is 1. The summed E-state index contributed by atoms with van der Waals surface area (Å²) in [5.41, 5.74) is 7.08. The molecule has 0 fully saturated rings. The molecule has 0 aliphatic rings. The molecule has 0 unspecified atom stereocenters. The molecule has 1 nitrogen and oxygen atoms in total. The fourth-order valence-electron chi connectivity index (χ4n) is 0.842. The second kappa shape index (κ2) is 5.01. The maximum absolute atomic E-state index is 5.78. The van der Waals surface area contributed by atoms with Crippen molar-refractivity contribution in [3.05, 3.63) is 28.8 Å². The van der Waals surface area contributed by atoms with E-state index in [9.17, 15) is 0 Å². The topological polar surface area (TPSA) is 26.0 Å². The van der Waals surface area contributed by atoms with Gasteiger partial charge in [0, 0.05) is 28.6 Å². The van der Waals surface area contributed by atoms with Crippen LogP contribution in [0.3, 0.4) is 0 Å². The van der Waals surface area contributed by atoms with E-state index in [1.54, 1.807) is 18.2 Å². The van der Waals surface area contributed by atoms with Crippen molar-refractivity contribution in [3.8, 4) is 11.8 Å². The molecule has 0 radical (unpaired) electrons. The number of nitrogens with two attached hydrogens (primary N) is 1. The van der Waals surface area contributed by atoms with Gasteiger partial charge in [-0.15, -0.1) is 11.6 Å². The Morgan fingerprint density at radius 2 is 2.15 bits per heavy atom. The third-order valence-corrected chi connectivity index (χ3v) is 1.88. The SMILES string of the molecule is Nc1ccc(Cl)cc1C#CCCCl. The molecule has 0 bridgehead atoms. The van der Waals surface area contributed by atoms with E-state index in [4.69, 9.17) is 28.9 Å². The van der Waals surface area contributed by atoms with Crippen LogP contribution in [0.4, 0.5) is 5.69 Å². The molecular formula is C10H9Cl2N. The lowest BCUT2D eigenvalue weighted by Gasteiger charge is -1.97. The molecule has 0 amide bonds. The Bertz CT molecular complexity index is 350. The van der Waals surface area contributed by atoms with Crippen molar-refractivity contribution in [1.82, 2.24) is 0 Å². The highest BCUT2D eigenvalue weighted by atomic mass is 35.5. The highest BCUT2D eigenvalue weighted by Crippen LogP contribution is 2.16. The summed E-state index contributed by atoms with van der Waals surface area (Å²) < 4.78 is 0. The number of alkyl halides is 1. The molecule has 68 valence electrons. The largest absolute Gasteiger partial charge is 0.398 e. The average molecular weight is 214 g/mol. The van der Waals surface area contributed by atoms with Gasteiger partial charge in [-0.25, -0.2) is 0 Å². The van der Waals surface area contributed by atoms with E-state index in [2.05, 4.69) is 11.8 Å². The summed E-state index contributed by atoms with van der Waals surface area (Å²) in [7, 11) is 0. The van der Waals surface area contributed by atoms with Gasteiger partial charge in [0.25, 0.3) is 0 Å². The molecule has 13 heavy (non-hydrogen) atoms. The molecule has 0 spiro atoms. The van der Waals surface area contributed by atoms with E-state index in [1.165, 1.54) is 0 Å². The summed E-state index contributed by atoms with van der Waals surface area (Å²) in [5.74, 6) is 6.34. The Hall–Kier alpha value is -0.840. The first kappa shape index (κ1) is 10.2. The van der Waals surface area contributed by atoms with E-state index in [0.29, 0.717) is 23.0 Å². The third kappa shape index (κ3) is 3.18. The summed E-state index contributed by atoms with van der Waals surface area (Å²) >= 11 is 11.3. The summed E-state index contributed by atoms with van der Waals surface area (Å²) in [4.78, 5) is 0.